The van der Waals surface area contributed by atoms with Gasteiger partial charge in [-0.3, -0.25) is 9.59 Å². The van der Waals surface area contributed by atoms with Gasteiger partial charge in [0.15, 0.2) is 0 Å². The monoisotopic (exact) mass is 339 g/mol. The molecule has 132 valence electrons. The number of fused-ring (bicyclic) bond motifs is 3. The van der Waals surface area contributed by atoms with Crippen LogP contribution in [0.25, 0.3) is 10.9 Å². The lowest BCUT2D eigenvalue weighted by Gasteiger charge is -2.10. The van der Waals surface area contributed by atoms with Crippen molar-refractivity contribution in [3.63, 3.8) is 0 Å². The zero-order chi connectivity index (χ0) is 17.2. The lowest BCUT2D eigenvalue weighted by atomic mass is 10.0. The first-order chi connectivity index (χ1) is 12.2. The third-order valence-electron chi connectivity index (χ3n) is 5.42. The molecule has 0 spiro atoms. The van der Waals surface area contributed by atoms with E-state index < -0.39 is 0 Å². The molecule has 2 aliphatic rings. The fourth-order valence-corrected chi connectivity index (χ4v) is 4.07. The maximum absolute atomic E-state index is 12.1. The first-order valence-corrected chi connectivity index (χ1v) is 9.37. The number of hydrogen-bond acceptors (Lipinski definition) is 2. The van der Waals surface area contributed by atoms with Crippen LogP contribution < -0.4 is 10.6 Å². The van der Waals surface area contributed by atoms with Gasteiger partial charge in [-0.05, 0) is 55.4 Å². The Kier molecular flexibility index (Phi) is 4.47. The fraction of sp³-hybridized carbons (Fsp3) is 0.500. The van der Waals surface area contributed by atoms with Gasteiger partial charge in [-0.2, -0.15) is 0 Å². The molecule has 5 heteroatoms. The second kappa shape index (κ2) is 6.90. The molecule has 2 aromatic rings. The Bertz CT molecular complexity index is 809. The summed E-state index contributed by atoms with van der Waals surface area (Å²) in [4.78, 5) is 26.9. The van der Waals surface area contributed by atoms with E-state index in [1.165, 1.54) is 41.4 Å². The van der Waals surface area contributed by atoms with Crippen molar-refractivity contribution >= 4 is 22.7 Å². The molecule has 2 amide bonds. The van der Waals surface area contributed by atoms with Gasteiger partial charge in [0.2, 0.25) is 11.8 Å². The molecule has 4 rings (SSSR count). The minimum absolute atomic E-state index is 0.000180. The molecule has 1 atom stereocenters. The van der Waals surface area contributed by atoms with Crippen LogP contribution in [0.2, 0.25) is 0 Å². The second-order valence-corrected chi connectivity index (χ2v) is 7.31. The molecular formula is C20H25N3O2. The predicted molar refractivity (Wildman–Crippen MR) is 97.2 cm³/mol. The summed E-state index contributed by atoms with van der Waals surface area (Å²) in [5, 5.41) is 7.14. The normalized spacial score (nSPS) is 20.2. The summed E-state index contributed by atoms with van der Waals surface area (Å²) in [7, 11) is 0. The molecule has 0 saturated carbocycles. The summed E-state index contributed by atoms with van der Waals surface area (Å²) in [5.74, 6) is 0.0524. The Morgan fingerprint density at radius 1 is 1.16 bits per heavy atom. The molecule has 1 aromatic heterocycles. The van der Waals surface area contributed by atoms with Crippen LogP contribution in [0.15, 0.2) is 18.2 Å². The van der Waals surface area contributed by atoms with Crippen LogP contribution in [0, 0.1) is 0 Å². The standard InChI is InChI=1S/C20H25N3O2/c24-19-9-7-14(22-19)11-20(25)21-12-13-6-8-18-16(10-13)15-4-2-1-3-5-17(15)23-18/h6,8,10,14,23H,1-5,7,9,11-12H2,(H,21,25)(H,22,24). The van der Waals surface area contributed by atoms with Crippen LogP contribution in [0.3, 0.4) is 0 Å². The van der Waals surface area contributed by atoms with Crippen LogP contribution in [0.5, 0.6) is 0 Å². The second-order valence-electron chi connectivity index (χ2n) is 7.31. The topological polar surface area (TPSA) is 74.0 Å². The molecule has 3 N–H and O–H groups in total. The van der Waals surface area contributed by atoms with E-state index in [1.54, 1.807) is 0 Å². The van der Waals surface area contributed by atoms with Gasteiger partial charge in [0, 0.05) is 42.0 Å². The molecule has 5 nitrogen and oxygen atoms in total. The van der Waals surface area contributed by atoms with Crippen LogP contribution >= 0.6 is 0 Å². The van der Waals surface area contributed by atoms with Crippen LogP contribution in [-0.2, 0) is 29.0 Å². The Labute approximate surface area is 147 Å². The Hall–Kier alpha value is -2.30. The van der Waals surface area contributed by atoms with Crippen molar-refractivity contribution in [2.24, 2.45) is 0 Å². The highest BCUT2D eigenvalue weighted by Crippen LogP contribution is 2.29. The number of carbonyl (C=O) groups excluding carboxylic acids is 2. The summed E-state index contributed by atoms with van der Waals surface area (Å²) >= 11 is 0. The molecule has 0 bridgehead atoms. The average Bonchev–Trinajstić information content (AvgIpc) is 3.07. The molecule has 1 fully saturated rings. The van der Waals surface area contributed by atoms with Gasteiger partial charge in [0.25, 0.3) is 0 Å². The number of hydrogen-bond donors (Lipinski definition) is 3. The number of rotatable bonds is 4. The lowest BCUT2D eigenvalue weighted by Crippen LogP contribution is -2.33. The number of benzene rings is 1. The van der Waals surface area contributed by atoms with Crippen molar-refractivity contribution < 1.29 is 9.59 Å². The summed E-state index contributed by atoms with van der Waals surface area (Å²) in [6.45, 7) is 0.537. The van der Waals surface area contributed by atoms with Gasteiger partial charge in [-0.1, -0.05) is 12.5 Å². The quantitative estimate of drug-likeness (QED) is 0.749. The summed E-state index contributed by atoms with van der Waals surface area (Å²) in [6.07, 6.45) is 7.77. The largest absolute Gasteiger partial charge is 0.358 e. The van der Waals surface area contributed by atoms with E-state index in [0.717, 1.165) is 24.8 Å². The highest BCUT2D eigenvalue weighted by Gasteiger charge is 2.23. The van der Waals surface area contributed by atoms with E-state index in [4.69, 9.17) is 0 Å². The minimum atomic E-state index is -0.00424. The Morgan fingerprint density at radius 2 is 2.04 bits per heavy atom. The van der Waals surface area contributed by atoms with E-state index >= 15 is 0 Å². The maximum Gasteiger partial charge on any atom is 0.222 e. The SMILES string of the molecule is O=C(CC1CCC(=O)N1)NCc1ccc2[nH]c3c(c2c1)CCCCC3. The molecule has 0 radical (unpaired) electrons. The first-order valence-electron chi connectivity index (χ1n) is 9.37. The number of H-pyrrole nitrogens is 1. The van der Waals surface area contributed by atoms with Crippen molar-refractivity contribution in [3.05, 3.63) is 35.0 Å². The smallest absolute Gasteiger partial charge is 0.222 e. The number of amides is 2. The fourth-order valence-electron chi connectivity index (χ4n) is 4.07. The Balaban J connectivity index is 1.42. The zero-order valence-electron chi connectivity index (χ0n) is 14.5. The molecular weight excluding hydrogens is 314 g/mol. The maximum atomic E-state index is 12.1. The highest BCUT2D eigenvalue weighted by molar-refractivity contribution is 5.86. The van der Waals surface area contributed by atoms with Crippen LogP contribution in [0.1, 0.15) is 55.3 Å². The van der Waals surface area contributed by atoms with E-state index in [2.05, 4.69) is 33.8 Å². The lowest BCUT2D eigenvalue weighted by molar-refractivity contribution is -0.121. The van der Waals surface area contributed by atoms with Crippen molar-refractivity contribution in [1.29, 1.82) is 0 Å². The van der Waals surface area contributed by atoms with Crippen LogP contribution in [-0.4, -0.2) is 22.8 Å². The third-order valence-corrected chi connectivity index (χ3v) is 5.42. The third kappa shape index (κ3) is 3.55. The van der Waals surface area contributed by atoms with Crippen molar-refractivity contribution in [2.75, 3.05) is 0 Å². The van der Waals surface area contributed by atoms with E-state index in [0.29, 0.717) is 19.4 Å². The molecule has 1 aliphatic heterocycles. The number of nitrogens with one attached hydrogen (secondary N) is 3. The summed E-state index contributed by atoms with van der Waals surface area (Å²) < 4.78 is 0. The van der Waals surface area contributed by atoms with Crippen molar-refractivity contribution in [1.82, 2.24) is 15.6 Å². The summed E-state index contributed by atoms with van der Waals surface area (Å²) in [5.41, 5.74) is 5.19. The van der Waals surface area contributed by atoms with E-state index in [-0.39, 0.29) is 17.9 Å². The van der Waals surface area contributed by atoms with Crippen LogP contribution in [0.4, 0.5) is 0 Å². The van der Waals surface area contributed by atoms with Crippen molar-refractivity contribution in [3.8, 4) is 0 Å². The van der Waals surface area contributed by atoms with Gasteiger partial charge in [-0.25, -0.2) is 0 Å². The van der Waals surface area contributed by atoms with Gasteiger partial charge < -0.3 is 15.6 Å². The molecule has 2 heterocycles. The molecule has 25 heavy (non-hydrogen) atoms. The number of carbonyl (C=O) groups is 2. The predicted octanol–water partition coefficient (Wildman–Crippen LogP) is 2.72. The Morgan fingerprint density at radius 3 is 2.88 bits per heavy atom. The van der Waals surface area contributed by atoms with E-state index in [9.17, 15) is 9.59 Å². The first kappa shape index (κ1) is 16.2. The molecule has 1 aliphatic carbocycles. The van der Waals surface area contributed by atoms with Gasteiger partial charge in [-0.15, -0.1) is 0 Å². The zero-order valence-corrected chi connectivity index (χ0v) is 14.5. The molecule has 1 unspecified atom stereocenters. The average molecular weight is 339 g/mol. The molecule has 1 saturated heterocycles. The summed E-state index contributed by atoms with van der Waals surface area (Å²) in [6, 6.07) is 6.42. The van der Waals surface area contributed by atoms with Gasteiger partial charge in [0.05, 0.1) is 0 Å². The van der Waals surface area contributed by atoms with E-state index in [1.807, 2.05) is 0 Å². The minimum Gasteiger partial charge on any atom is -0.358 e. The number of aromatic nitrogens is 1. The highest BCUT2D eigenvalue weighted by atomic mass is 16.2. The number of aromatic amines is 1. The number of aryl methyl sites for hydroxylation is 2. The van der Waals surface area contributed by atoms with Crippen molar-refractivity contribution in [2.45, 2.75) is 64.0 Å². The molecule has 1 aromatic carbocycles. The van der Waals surface area contributed by atoms with Gasteiger partial charge in [0.1, 0.15) is 0 Å². The van der Waals surface area contributed by atoms with Gasteiger partial charge >= 0.3 is 0 Å².